The molecule has 0 bridgehead atoms. The second-order valence-corrected chi connectivity index (χ2v) is 3.14. The minimum atomic E-state index is 1.12. The Morgan fingerprint density at radius 2 is 1.91 bits per heavy atom. The molecule has 0 unspecified atom stereocenters. The Balaban J connectivity index is 2.17. The largest absolute Gasteiger partial charge is 0.352 e. The summed E-state index contributed by atoms with van der Waals surface area (Å²) in [6.45, 7) is 0. The lowest BCUT2D eigenvalue weighted by Crippen LogP contribution is -1.96. The molecule has 1 aliphatic heterocycles. The minimum absolute atomic E-state index is 1.12. The van der Waals surface area contributed by atoms with Crippen molar-refractivity contribution in [3.05, 3.63) is 23.5 Å². The summed E-state index contributed by atoms with van der Waals surface area (Å²) in [5.74, 6) is 1.12. The van der Waals surface area contributed by atoms with Crippen LogP contribution in [0.5, 0.6) is 0 Å². The van der Waals surface area contributed by atoms with Crippen molar-refractivity contribution in [3.63, 3.8) is 0 Å². The number of rotatable bonds is 0. The van der Waals surface area contributed by atoms with Crippen LogP contribution in [0.25, 0.3) is 0 Å². The number of aldehydes is 1. The molecule has 0 saturated heterocycles. The molecule has 1 nitrogen and oxygen atoms in total. The van der Waals surface area contributed by atoms with E-state index in [9.17, 15) is 0 Å². The van der Waals surface area contributed by atoms with E-state index in [2.05, 4.69) is 6.08 Å². The molecule has 11 heavy (non-hydrogen) atoms. The molecule has 0 aromatic rings. The first-order chi connectivity index (χ1) is 5.47. The van der Waals surface area contributed by atoms with Crippen LogP contribution in [0.4, 0.5) is 0 Å². The van der Waals surface area contributed by atoms with E-state index in [1.807, 2.05) is 6.08 Å². The Morgan fingerprint density at radius 3 is 2.55 bits per heavy atom. The van der Waals surface area contributed by atoms with Crippen molar-refractivity contribution in [2.24, 2.45) is 0 Å². The molecular weight excluding hydrogens is 136 g/mol. The second kappa shape index (κ2) is 3.04. The Labute approximate surface area is 67.1 Å². The fourth-order valence-corrected chi connectivity index (χ4v) is 1.70. The fourth-order valence-electron chi connectivity index (χ4n) is 1.70. The van der Waals surface area contributed by atoms with Crippen LogP contribution >= 0.6 is 0 Å². The van der Waals surface area contributed by atoms with Crippen LogP contribution < -0.4 is 0 Å². The van der Waals surface area contributed by atoms with Gasteiger partial charge in [-0.3, -0.25) is 0 Å². The van der Waals surface area contributed by atoms with E-state index in [1.54, 1.807) is 6.29 Å². The van der Waals surface area contributed by atoms with E-state index in [1.165, 1.54) is 37.7 Å². The highest BCUT2D eigenvalue weighted by Gasteiger charge is 2.18. The van der Waals surface area contributed by atoms with E-state index < -0.39 is 0 Å². The molecule has 0 aromatic carbocycles. The van der Waals surface area contributed by atoms with Gasteiger partial charge in [-0.2, -0.15) is 0 Å². The van der Waals surface area contributed by atoms with E-state index >= 15 is 0 Å². The van der Waals surface area contributed by atoms with Crippen molar-refractivity contribution in [1.29, 1.82) is 0 Å². The van der Waals surface area contributed by atoms with Gasteiger partial charge >= 0.3 is 12.0 Å². The molecule has 58 valence electrons. The molecule has 0 aromatic heterocycles. The van der Waals surface area contributed by atoms with Gasteiger partial charge in [-0.05, 0) is 25.7 Å². The van der Waals surface area contributed by atoms with Crippen molar-refractivity contribution in [3.8, 4) is 0 Å². The summed E-state index contributed by atoms with van der Waals surface area (Å²) < 4.78 is 5.34. The van der Waals surface area contributed by atoms with Gasteiger partial charge in [0, 0.05) is 11.6 Å². The zero-order valence-electron chi connectivity index (χ0n) is 6.68. The van der Waals surface area contributed by atoms with Crippen molar-refractivity contribution < 1.29 is 4.42 Å². The average Bonchev–Trinajstić information content (AvgIpc) is 2.58. The molecule has 0 atom stereocenters. The van der Waals surface area contributed by atoms with Crippen LogP contribution in [0.1, 0.15) is 32.1 Å². The molecular formula is C10H13O+. The van der Waals surface area contributed by atoms with Crippen molar-refractivity contribution in [2.75, 3.05) is 0 Å². The Kier molecular flexibility index (Phi) is 1.89. The van der Waals surface area contributed by atoms with Gasteiger partial charge in [-0.15, -0.1) is 0 Å². The highest BCUT2D eigenvalue weighted by Crippen LogP contribution is 2.26. The lowest BCUT2D eigenvalue weighted by atomic mass is 9.94. The first kappa shape index (κ1) is 6.84. The van der Waals surface area contributed by atoms with Gasteiger partial charge < -0.3 is 0 Å². The number of hydrogen-bond donors (Lipinski definition) is 0. The van der Waals surface area contributed by atoms with Crippen molar-refractivity contribution >= 4 is 6.29 Å². The van der Waals surface area contributed by atoms with Crippen LogP contribution in [0.2, 0.25) is 0 Å². The molecule has 1 heterocycles. The van der Waals surface area contributed by atoms with E-state index in [-0.39, 0.29) is 0 Å². The molecule has 0 amide bonds. The smallest absolute Gasteiger partial charge is 0.216 e. The Bertz CT molecular complexity index is 211. The lowest BCUT2D eigenvalue weighted by Gasteiger charge is -2.09. The summed E-state index contributed by atoms with van der Waals surface area (Å²) in [5, 5.41) is 0. The van der Waals surface area contributed by atoms with Gasteiger partial charge in [0.05, 0.1) is 6.08 Å². The van der Waals surface area contributed by atoms with Crippen LogP contribution in [0, 0.1) is 0 Å². The zero-order valence-corrected chi connectivity index (χ0v) is 6.68. The highest BCUT2D eigenvalue weighted by atomic mass is 16.4. The van der Waals surface area contributed by atoms with Gasteiger partial charge in [-0.1, -0.05) is 6.42 Å². The normalized spacial score (nSPS) is 23.3. The standard InChI is InChI=1S/C10H13O/c1-2-5-9(6-3-1)10-7-4-8-11-10/h4,7-8H,1-3,5-6H2/q+1. The number of carbonyl (C=O) groups excluding carboxylic acids is 1. The van der Waals surface area contributed by atoms with E-state index in [0.29, 0.717) is 0 Å². The molecule has 1 heteroatoms. The number of hydrogen-bond acceptors (Lipinski definition) is 0. The molecule has 2 aliphatic rings. The maximum absolute atomic E-state index is 5.34. The average molecular weight is 149 g/mol. The van der Waals surface area contributed by atoms with Crippen LogP contribution in [0.3, 0.4) is 0 Å². The summed E-state index contributed by atoms with van der Waals surface area (Å²) in [6, 6.07) is 0. The zero-order chi connectivity index (χ0) is 7.52. The third-order valence-electron chi connectivity index (χ3n) is 2.33. The molecule has 2 rings (SSSR count). The predicted molar refractivity (Wildman–Crippen MR) is 45.3 cm³/mol. The second-order valence-electron chi connectivity index (χ2n) is 3.14. The molecule has 0 radical (unpaired) electrons. The molecule has 1 saturated carbocycles. The molecule has 0 spiro atoms. The van der Waals surface area contributed by atoms with Crippen LogP contribution in [0.15, 0.2) is 23.5 Å². The summed E-state index contributed by atoms with van der Waals surface area (Å²) >= 11 is 0. The Hall–Kier alpha value is -0.850. The summed E-state index contributed by atoms with van der Waals surface area (Å²) in [4.78, 5) is 0. The predicted octanol–water partition coefficient (Wildman–Crippen LogP) is 2.51. The number of allylic oxidation sites excluding steroid dienone is 3. The van der Waals surface area contributed by atoms with Gasteiger partial charge in [0.1, 0.15) is 0 Å². The van der Waals surface area contributed by atoms with Gasteiger partial charge in [0.15, 0.2) is 0 Å². The quantitative estimate of drug-likeness (QED) is 0.370. The molecule has 1 aliphatic carbocycles. The highest BCUT2D eigenvalue weighted by molar-refractivity contribution is 5.69. The maximum Gasteiger partial charge on any atom is 0.352 e. The van der Waals surface area contributed by atoms with Gasteiger partial charge in [0.25, 0.3) is 0 Å². The third kappa shape index (κ3) is 1.42. The minimum Gasteiger partial charge on any atom is -0.216 e. The topological polar surface area (TPSA) is 11.3 Å². The van der Waals surface area contributed by atoms with E-state index in [0.717, 1.165) is 5.76 Å². The van der Waals surface area contributed by atoms with Crippen LogP contribution in [-0.2, 0) is 4.42 Å². The third-order valence-corrected chi connectivity index (χ3v) is 2.33. The first-order valence-electron chi connectivity index (χ1n) is 4.35. The molecule has 0 N–H and O–H groups in total. The summed E-state index contributed by atoms with van der Waals surface area (Å²) in [7, 11) is 0. The van der Waals surface area contributed by atoms with Gasteiger partial charge in [0.2, 0.25) is 0 Å². The first-order valence-corrected chi connectivity index (χ1v) is 4.35. The monoisotopic (exact) mass is 149 g/mol. The Morgan fingerprint density at radius 1 is 1.09 bits per heavy atom. The van der Waals surface area contributed by atoms with Crippen LogP contribution in [-0.4, -0.2) is 6.29 Å². The lowest BCUT2D eigenvalue weighted by molar-refractivity contribution is -0.382. The van der Waals surface area contributed by atoms with Crippen molar-refractivity contribution in [1.82, 2.24) is 0 Å². The van der Waals surface area contributed by atoms with Crippen molar-refractivity contribution in [2.45, 2.75) is 32.1 Å². The molecule has 1 fully saturated rings. The maximum atomic E-state index is 5.34. The van der Waals surface area contributed by atoms with E-state index in [4.69, 9.17) is 4.42 Å². The SMILES string of the molecule is C1=CC(=C2CCCCC2)[O+]=C1. The summed E-state index contributed by atoms with van der Waals surface area (Å²) in [6.07, 6.45) is 12.4. The fraction of sp³-hybridized carbons (Fsp3) is 0.500. The van der Waals surface area contributed by atoms with Gasteiger partial charge in [-0.25, -0.2) is 4.42 Å². The summed E-state index contributed by atoms with van der Waals surface area (Å²) in [5.41, 5.74) is 1.52.